The monoisotopic (exact) mass is 474 g/mol. The van der Waals surface area contributed by atoms with Gasteiger partial charge in [0.25, 0.3) is 5.97 Å². The molecule has 0 aliphatic carbocycles. The van der Waals surface area contributed by atoms with Gasteiger partial charge in [-0.15, -0.1) is 0 Å². The molecule has 5 heteroatoms. The Morgan fingerprint density at radius 3 is 1.56 bits per heavy atom. The van der Waals surface area contributed by atoms with Gasteiger partial charge in [0.1, 0.15) is 0 Å². The number of methoxy groups -OCH3 is 3. The average Bonchev–Trinajstić information content (AvgIpc) is 2.81. The van der Waals surface area contributed by atoms with Gasteiger partial charge in [-0.1, -0.05) is 116 Å². The fourth-order valence-corrected chi connectivity index (χ4v) is 5.30. The van der Waals surface area contributed by atoms with Crippen LogP contribution in [0.5, 0.6) is 0 Å². The predicted molar refractivity (Wildman–Crippen MR) is 139 cm³/mol. The van der Waals surface area contributed by atoms with Crippen LogP contribution in [0.3, 0.4) is 0 Å². The number of hydrogen-bond acceptors (Lipinski definition) is 5. The second-order valence-electron chi connectivity index (χ2n) is 9.06. The van der Waals surface area contributed by atoms with Crippen LogP contribution in [0.4, 0.5) is 0 Å². The molecule has 0 aromatic carbocycles. The van der Waals surface area contributed by atoms with E-state index in [0.717, 1.165) is 31.4 Å². The van der Waals surface area contributed by atoms with Gasteiger partial charge < -0.3 is 14.2 Å². The molecule has 0 rings (SSSR count). The maximum atomic E-state index is 12.3. The number of thioether (sulfide) groups is 1. The van der Waals surface area contributed by atoms with Crippen LogP contribution in [-0.4, -0.2) is 38.2 Å². The molecule has 1 unspecified atom stereocenters. The first kappa shape index (κ1) is 31.9. The van der Waals surface area contributed by atoms with Crippen molar-refractivity contribution in [1.82, 2.24) is 0 Å². The molecule has 0 aromatic heterocycles. The minimum atomic E-state index is -1.01. The molecule has 4 nitrogen and oxygen atoms in total. The highest BCUT2D eigenvalue weighted by Crippen LogP contribution is 2.32. The molecule has 0 saturated carbocycles. The smallest absolute Gasteiger partial charge is 0.285 e. The van der Waals surface area contributed by atoms with Gasteiger partial charge >= 0.3 is 0 Å². The first-order chi connectivity index (χ1) is 15.6. The molecule has 0 heterocycles. The topological polar surface area (TPSA) is 44.8 Å². The standard InChI is InChI=1S/C27H54O4S/c1-6-8-10-12-14-15-16-18-20-22-26(28)32-24-23-25(27(29-3,30-4)31-5)21-19-17-13-11-9-7-2/h25H,6-24H2,1-5H3. The Labute approximate surface area is 204 Å². The fraction of sp³-hybridized carbons (Fsp3) is 0.963. The van der Waals surface area contributed by atoms with E-state index < -0.39 is 5.97 Å². The largest absolute Gasteiger partial charge is 0.331 e. The summed E-state index contributed by atoms with van der Waals surface area (Å²) in [5.41, 5.74) is 0. The Morgan fingerprint density at radius 2 is 1.09 bits per heavy atom. The first-order valence-electron chi connectivity index (χ1n) is 13.4. The molecule has 0 aliphatic rings. The summed E-state index contributed by atoms with van der Waals surface area (Å²) in [6.45, 7) is 4.50. The van der Waals surface area contributed by atoms with Crippen molar-refractivity contribution < 1.29 is 19.0 Å². The third kappa shape index (κ3) is 15.7. The Balaban J connectivity index is 4.15. The molecule has 32 heavy (non-hydrogen) atoms. The molecule has 0 bridgehead atoms. The lowest BCUT2D eigenvalue weighted by Gasteiger charge is -2.36. The molecule has 0 fully saturated rings. The van der Waals surface area contributed by atoms with Crippen molar-refractivity contribution in [3.63, 3.8) is 0 Å². The van der Waals surface area contributed by atoms with Gasteiger partial charge in [0.15, 0.2) is 5.12 Å². The van der Waals surface area contributed by atoms with Crippen LogP contribution in [0.2, 0.25) is 0 Å². The van der Waals surface area contributed by atoms with Gasteiger partial charge in [0, 0.05) is 39.4 Å². The predicted octanol–water partition coefficient (Wildman–Crippen LogP) is 8.52. The van der Waals surface area contributed by atoms with Crippen molar-refractivity contribution in [2.45, 2.75) is 135 Å². The zero-order chi connectivity index (χ0) is 23.9. The number of hydrogen-bond donors (Lipinski definition) is 0. The zero-order valence-electron chi connectivity index (χ0n) is 22.1. The summed E-state index contributed by atoms with van der Waals surface area (Å²) in [5.74, 6) is -0.0830. The third-order valence-corrected chi connectivity index (χ3v) is 7.44. The third-order valence-electron chi connectivity index (χ3n) is 6.47. The number of carbonyl (C=O) groups excluding carboxylic acids is 1. The summed E-state index contributed by atoms with van der Waals surface area (Å²) in [7, 11) is 4.93. The summed E-state index contributed by atoms with van der Waals surface area (Å²) in [6.07, 6.45) is 21.7. The lowest BCUT2D eigenvalue weighted by molar-refractivity contribution is -0.379. The van der Waals surface area contributed by atoms with E-state index in [-0.39, 0.29) is 5.92 Å². The molecule has 0 aromatic rings. The van der Waals surface area contributed by atoms with Crippen LogP contribution in [0.1, 0.15) is 129 Å². The molecule has 1 atom stereocenters. The Bertz CT molecular complexity index is 404. The van der Waals surface area contributed by atoms with Crippen LogP contribution in [0, 0.1) is 5.92 Å². The lowest BCUT2D eigenvalue weighted by atomic mass is 9.95. The summed E-state index contributed by atoms with van der Waals surface area (Å²) in [6, 6.07) is 0. The first-order valence-corrected chi connectivity index (χ1v) is 14.4. The SMILES string of the molecule is CCCCCCCCCCCC(=O)SCCC(CCCCCCCC)C(OC)(OC)OC. The average molecular weight is 475 g/mol. The van der Waals surface area contributed by atoms with Crippen LogP contribution >= 0.6 is 11.8 Å². The second-order valence-corrected chi connectivity index (χ2v) is 10.2. The molecule has 0 saturated heterocycles. The molecule has 0 N–H and O–H groups in total. The van der Waals surface area contributed by atoms with E-state index in [9.17, 15) is 4.79 Å². The van der Waals surface area contributed by atoms with Crippen LogP contribution < -0.4 is 0 Å². The quantitative estimate of drug-likeness (QED) is 0.104. The maximum absolute atomic E-state index is 12.3. The van der Waals surface area contributed by atoms with Crippen molar-refractivity contribution in [1.29, 1.82) is 0 Å². The van der Waals surface area contributed by atoms with E-state index in [0.29, 0.717) is 11.5 Å². The van der Waals surface area contributed by atoms with Crippen molar-refractivity contribution in [2.24, 2.45) is 5.92 Å². The Morgan fingerprint density at radius 1 is 0.656 bits per heavy atom. The van der Waals surface area contributed by atoms with Gasteiger partial charge in [-0.3, -0.25) is 4.79 Å². The second kappa shape index (κ2) is 22.7. The van der Waals surface area contributed by atoms with Gasteiger partial charge in [0.2, 0.25) is 0 Å². The molecular formula is C27H54O4S. The Kier molecular flexibility index (Phi) is 22.6. The van der Waals surface area contributed by atoms with E-state index in [1.54, 1.807) is 21.3 Å². The fourth-order valence-electron chi connectivity index (χ4n) is 4.39. The van der Waals surface area contributed by atoms with Crippen molar-refractivity contribution in [3.8, 4) is 0 Å². The van der Waals surface area contributed by atoms with Gasteiger partial charge in [0.05, 0.1) is 0 Å². The molecular weight excluding hydrogens is 420 g/mol. The van der Waals surface area contributed by atoms with Gasteiger partial charge in [-0.2, -0.15) is 0 Å². The summed E-state index contributed by atoms with van der Waals surface area (Å²) < 4.78 is 16.9. The van der Waals surface area contributed by atoms with Crippen LogP contribution in [0.25, 0.3) is 0 Å². The van der Waals surface area contributed by atoms with E-state index in [2.05, 4.69) is 13.8 Å². The van der Waals surface area contributed by atoms with E-state index >= 15 is 0 Å². The minimum Gasteiger partial charge on any atom is -0.331 e. The highest BCUT2D eigenvalue weighted by Gasteiger charge is 2.39. The maximum Gasteiger partial charge on any atom is 0.285 e. The van der Waals surface area contributed by atoms with Crippen molar-refractivity contribution >= 4 is 16.9 Å². The van der Waals surface area contributed by atoms with E-state index in [4.69, 9.17) is 14.2 Å². The van der Waals surface area contributed by atoms with E-state index in [1.165, 1.54) is 95.2 Å². The number of rotatable bonds is 24. The lowest BCUT2D eigenvalue weighted by Crippen LogP contribution is -2.44. The summed E-state index contributed by atoms with van der Waals surface area (Å²) in [4.78, 5) is 12.3. The molecule has 0 amide bonds. The van der Waals surface area contributed by atoms with Crippen LogP contribution in [0.15, 0.2) is 0 Å². The summed E-state index contributed by atoms with van der Waals surface area (Å²) >= 11 is 1.47. The molecule has 0 spiro atoms. The normalized spacial score (nSPS) is 12.9. The Hall–Kier alpha value is -0.100. The summed E-state index contributed by atoms with van der Waals surface area (Å²) in [5, 5.41) is 0.323. The van der Waals surface area contributed by atoms with Gasteiger partial charge in [-0.25, -0.2) is 0 Å². The number of unbranched alkanes of at least 4 members (excludes halogenated alkanes) is 13. The molecule has 192 valence electrons. The van der Waals surface area contributed by atoms with Crippen molar-refractivity contribution in [2.75, 3.05) is 27.1 Å². The van der Waals surface area contributed by atoms with Crippen molar-refractivity contribution in [3.05, 3.63) is 0 Å². The zero-order valence-corrected chi connectivity index (χ0v) is 22.9. The number of carbonyl (C=O) groups is 1. The minimum absolute atomic E-state index is 0.127. The highest BCUT2D eigenvalue weighted by molar-refractivity contribution is 8.13. The highest BCUT2D eigenvalue weighted by atomic mass is 32.2. The molecule has 0 aliphatic heterocycles. The van der Waals surface area contributed by atoms with E-state index in [1.807, 2.05) is 0 Å². The number of ether oxygens (including phenoxy) is 3. The molecule has 0 radical (unpaired) electrons. The van der Waals surface area contributed by atoms with Gasteiger partial charge in [-0.05, 0) is 19.3 Å². The van der Waals surface area contributed by atoms with Crippen LogP contribution in [-0.2, 0) is 19.0 Å².